The lowest BCUT2D eigenvalue weighted by Crippen LogP contribution is -2.38. The first kappa shape index (κ1) is 20.3. The van der Waals surface area contributed by atoms with Gasteiger partial charge in [0.05, 0.1) is 5.69 Å². The number of nitrogens with one attached hydrogen (secondary N) is 1. The molecule has 0 unspecified atom stereocenters. The normalized spacial score (nSPS) is 11.2. The molecule has 0 aliphatic heterocycles. The molecule has 0 saturated heterocycles. The highest BCUT2D eigenvalue weighted by Crippen LogP contribution is 2.28. The summed E-state index contributed by atoms with van der Waals surface area (Å²) in [5.74, 6) is -1.36. The van der Waals surface area contributed by atoms with E-state index in [1.165, 1.54) is 24.3 Å². The van der Waals surface area contributed by atoms with E-state index in [-0.39, 0.29) is 9.90 Å². The Kier molecular flexibility index (Phi) is 6.02. The number of para-hydroxylation sites is 1. The Morgan fingerprint density at radius 2 is 1.93 bits per heavy atom. The molecule has 146 valence electrons. The van der Waals surface area contributed by atoms with Gasteiger partial charge in [-0.1, -0.05) is 35.9 Å². The largest absolute Gasteiger partial charge is 0.324 e. The third-order valence-corrected chi connectivity index (χ3v) is 7.29. The predicted molar refractivity (Wildman–Crippen MR) is 110 cm³/mol. The lowest BCUT2D eigenvalue weighted by molar-refractivity contribution is -0.114. The number of hydrogen-bond donors (Lipinski definition) is 1. The zero-order valence-electron chi connectivity index (χ0n) is 14.7. The number of amides is 1. The van der Waals surface area contributed by atoms with Crippen molar-refractivity contribution in [2.45, 2.75) is 11.1 Å². The summed E-state index contributed by atoms with van der Waals surface area (Å²) >= 11 is 6.95. The monoisotopic (exact) mass is 438 g/mol. The molecule has 0 aliphatic carbocycles. The van der Waals surface area contributed by atoms with Crippen LogP contribution in [0.2, 0.25) is 5.02 Å². The number of nitrogens with zero attached hydrogens (tertiary/aromatic N) is 1. The Morgan fingerprint density at radius 1 is 1.18 bits per heavy atom. The minimum atomic E-state index is -4.11. The number of hydrogen-bond acceptors (Lipinski definition) is 4. The molecule has 3 rings (SSSR count). The van der Waals surface area contributed by atoms with E-state index in [1.54, 1.807) is 36.6 Å². The van der Waals surface area contributed by atoms with Crippen LogP contribution in [-0.4, -0.2) is 20.9 Å². The van der Waals surface area contributed by atoms with Crippen molar-refractivity contribution in [2.75, 3.05) is 16.2 Å². The van der Waals surface area contributed by atoms with Crippen LogP contribution in [0.3, 0.4) is 0 Å². The lowest BCUT2D eigenvalue weighted by Gasteiger charge is -2.24. The number of thiophene rings is 1. The number of carbonyl (C=O) groups is 1. The van der Waals surface area contributed by atoms with Crippen LogP contribution in [-0.2, 0) is 14.8 Å². The zero-order valence-corrected chi connectivity index (χ0v) is 17.1. The highest BCUT2D eigenvalue weighted by molar-refractivity contribution is 7.94. The van der Waals surface area contributed by atoms with Crippen LogP contribution in [0.4, 0.5) is 15.8 Å². The number of benzene rings is 2. The average Bonchev–Trinajstić information content (AvgIpc) is 3.19. The van der Waals surface area contributed by atoms with Crippen LogP contribution in [0.15, 0.2) is 64.2 Å². The highest BCUT2D eigenvalue weighted by atomic mass is 35.5. The van der Waals surface area contributed by atoms with E-state index in [9.17, 15) is 17.6 Å². The van der Waals surface area contributed by atoms with Gasteiger partial charge in [-0.05, 0) is 48.2 Å². The predicted octanol–water partition coefficient (Wildman–Crippen LogP) is 4.68. The van der Waals surface area contributed by atoms with Crippen molar-refractivity contribution >= 4 is 50.2 Å². The van der Waals surface area contributed by atoms with Crippen molar-refractivity contribution in [3.63, 3.8) is 0 Å². The molecule has 0 atom stereocenters. The van der Waals surface area contributed by atoms with E-state index in [1.807, 2.05) is 0 Å². The van der Waals surface area contributed by atoms with Gasteiger partial charge in [-0.2, -0.15) is 0 Å². The van der Waals surface area contributed by atoms with Gasteiger partial charge in [0.1, 0.15) is 16.6 Å². The maximum absolute atomic E-state index is 14.4. The molecule has 28 heavy (non-hydrogen) atoms. The number of aryl methyl sites for hydroxylation is 1. The Labute approximate surface area is 171 Å². The topological polar surface area (TPSA) is 66.5 Å². The fourth-order valence-electron chi connectivity index (χ4n) is 2.52. The summed E-state index contributed by atoms with van der Waals surface area (Å²) in [5, 5.41) is 4.67. The van der Waals surface area contributed by atoms with Gasteiger partial charge in [-0.25, -0.2) is 12.8 Å². The van der Waals surface area contributed by atoms with Crippen LogP contribution < -0.4 is 9.62 Å². The maximum Gasteiger partial charge on any atom is 0.274 e. The number of sulfonamides is 1. The fourth-order valence-corrected chi connectivity index (χ4v) is 5.23. The molecule has 1 amide bonds. The summed E-state index contributed by atoms with van der Waals surface area (Å²) < 4.78 is 41.2. The second-order valence-electron chi connectivity index (χ2n) is 5.90. The molecule has 1 heterocycles. The first-order valence-corrected chi connectivity index (χ1v) is 10.9. The van der Waals surface area contributed by atoms with E-state index in [0.717, 1.165) is 27.3 Å². The Bertz CT molecular complexity index is 1100. The second-order valence-corrected chi connectivity index (χ2v) is 9.38. The number of rotatable bonds is 6. The standard InChI is InChI=1S/C19H16ClFN2O3S2/c1-13-8-9-14(20)11-16(13)22-18(24)12-23(17-6-3-2-5-15(17)21)28(25,26)19-7-4-10-27-19/h2-11H,12H2,1H3,(H,22,24). The van der Waals surface area contributed by atoms with Crippen LogP contribution in [0.5, 0.6) is 0 Å². The van der Waals surface area contributed by atoms with Crippen molar-refractivity contribution in [3.05, 3.63) is 76.4 Å². The SMILES string of the molecule is Cc1ccc(Cl)cc1NC(=O)CN(c1ccccc1F)S(=O)(=O)c1cccs1. The summed E-state index contributed by atoms with van der Waals surface area (Å²) in [6.07, 6.45) is 0. The maximum atomic E-state index is 14.4. The minimum Gasteiger partial charge on any atom is -0.324 e. The molecule has 1 aromatic heterocycles. The quantitative estimate of drug-likeness (QED) is 0.607. The van der Waals surface area contributed by atoms with Gasteiger partial charge in [0.25, 0.3) is 10.0 Å². The zero-order chi connectivity index (χ0) is 20.3. The molecule has 0 saturated carbocycles. The van der Waals surface area contributed by atoms with E-state index in [4.69, 9.17) is 11.6 Å². The molecule has 0 aliphatic rings. The van der Waals surface area contributed by atoms with Crippen molar-refractivity contribution in [1.82, 2.24) is 0 Å². The average molecular weight is 439 g/mol. The van der Waals surface area contributed by atoms with Gasteiger partial charge in [-0.3, -0.25) is 9.10 Å². The summed E-state index contributed by atoms with van der Waals surface area (Å²) in [4.78, 5) is 12.6. The second kappa shape index (κ2) is 8.30. The summed E-state index contributed by atoms with van der Waals surface area (Å²) in [6.45, 7) is 1.19. The van der Waals surface area contributed by atoms with Crippen molar-refractivity contribution in [2.24, 2.45) is 0 Å². The first-order valence-electron chi connectivity index (χ1n) is 8.16. The molecule has 5 nitrogen and oxygen atoms in total. The Morgan fingerprint density at radius 3 is 2.61 bits per heavy atom. The van der Waals surface area contributed by atoms with Crippen molar-refractivity contribution in [1.29, 1.82) is 0 Å². The van der Waals surface area contributed by atoms with Crippen LogP contribution in [0, 0.1) is 12.7 Å². The fraction of sp³-hybridized carbons (Fsp3) is 0.105. The van der Waals surface area contributed by atoms with Gasteiger partial charge in [0, 0.05) is 10.7 Å². The minimum absolute atomic E-state index is 0.0162. The van der Waals surface area contributed by atoms with Crippen molar-refractivity contribution in [3.8, 4) is 0 Å². The molecular formula is C19H16ClFN2O3S2. The number of anilines is 2. The van der Waals surface area contributed by atoms with Crippen LogP contribution in [0.1, 0.15) is 5.56 Å². The van der Waals surface area contributed by atoms with Crippen LogP contribution in [0.25, 0.3) is 0 Å². The van der Waals surface area contributed by atoms with Gasteiger partial charge in [0.15, 0.2) is 0 Å². The van der Waals surface area contributed by atoms with E-state index in [2.05, 4.69) is 5.32 Å². The van der Waals surface area contributed by atoms with E-state index < -0.39 is 28.3 Å². The molecule has 3 aromatic rings. The molecule has 0 radical (unpaired) electrons. The van der Waals surface area contributed by atoms with Gasteiger partial charge >= 0.3 is 0 Å². The number of halogens is 2. The van der Waals surface area contributed by atoms with Gasteiger partial charge in [-0.15, -0.1) is 11.3 Å². The molecule has 0 fully saturated rings. The van der Waals surface area contributed by atoms with E-state index in [0.29, 0.717) is 10.7 Å². The molecule has 0 spiro atoms. The highest BCUT2D eigenvalue weighted by Gasteiger charge is 2.30. The Balaban J connectivity index is 1.95. The van der Waals surface area contributed by atoms with Gasteiger partial charge in [0.2, 0.25) is 5.91 Å². The number of carbonyl (C=O) groups excluding carboxylic acids is 1. The van der Waals surface area contributed by atoms with Crippen LogP contribution >= 0.6 is 22.9 Å². The summed E-state index contributed by atoms with van der Waals surface area (Å²) in [7, 11) is -4.11. The smallest absolute Gasteiger partial charge is 0.274 e. The third-order valence-electron chi connectivity index (χ3n) is 3.92. The Hall–Kier alpha value is -2.42. The van der Waals surface area contributed by atoms with E-state index >= 15 is 0 Å². The molecule has 1 N–H and O–H groups in total. The third kappa shape index (κ3) is 4.35. The molecule has 0 bridgehead atoms. The lowest BCUT2D eigenvalue weighted by atomic mass is 10.2. The molecule has 2 aromatic carbocycles. The molecular weight excluding hydrogens is 423 g/mol. The van der Waals surface area contributed by atoms with Crippen molar-refractivity contribution < 1.29 is 17.6 Å². The summed E-state index contributed by atoms with van der Waals surface area (Å²) in [5.41, 5.74) is 1.02. The first-order chi connectivity index (χ1) is 13.3. The van der Waals surface area contributed by atoms with Gasteiger partial charge < -0.3 is 5.32 Å². The molecule has 9 heteroatoms. The summed E-state index contributed by atoms with van der Waals surface area (Å²) in [6, 6.07) is 13.4.